The van der Waals surface area contributed by atoms with Gasteiger partial charge in [0.15, 0.2) is 5.82 Å². The molecule has 0 radical (unpaired) electrons. The highest BCUT2D eigenvalue weighted by atomic mass is 19.1. The summed E-state index contributed by atoms with van der Waals surface area (Å²) in [6.07, 6.45) is 3.86. The molecular weight excluding hydrogens is 321 g/mol. The van der Waals surface area contributed by atoms with Gasteiger partial charge in [0, 0.05) is 17.7 Å². The summed E-state index contributed by atoms with van der Waals surface area (Å²) in [4.78, 5) is 12.6. The minimum absolute atomic E-state index is 0.0669. The first-order valence-electron chi connectivity index (χ1n) is 8.21. The van der Waals surface area contributed by atoms with E-state index in [0.717, 1.165) is 11.3 Å². The van der Waals surface area contributed by atoms with Crippen LogP contribution in [0.3, 0.4) is 0 Å². The Labute approximate surface area is 144 Å². The van der Waals surface area contributed by atoms with Crippen LogP contribution in [0.2, 0.25) is 0 Å². The maximum Gasteiger partial charge on any atom is 0.233 e. The summed E-state index contributed by atoms with van der Waals surface area (Å²) >= 11 is 0. The van der Waals surface area contributed by atoms with Crippen molar-refractivity contribution in [2.75, 3.05) is 10.6 Å². The van der Waals surface area contributed by atoms with Crippen LogP contribution in [-0.2, 0) is 0 Å². The Hall–Kier alpha value is -3.03. The SMILES string of the molecule is C[C@H](Nc1ncnc(Nc2cc(C3CC3)[nH]n2)n1)c1ccc(F)cc1. The Morgan fingerprint density at radius 1 is 1.16 bits per heavy atom. The second kappa shape index (κ2) is 6.46. The van der Waals surface area contributed by atoms with Gasteiger partial charge < -0.3 is 10.6 Å². The van der Waals surface area contributed by atoms with Gasteiger partial charge in [0.25, 0.3) is 0 Å². The summed E-state index contributed by atoms with van der Waals surface area (Å²) in [7, 11) is 0. The van der Waals surface area contributed by atoms with E-state index >= 15 is 0 Å². The largest absolute Gasteiger partial charge is 0.348 e. The highest BCUT2D eigenvalue weighted by molar-refractivity contribution is 5.49. The van der Waals surface area contributed by atoms with Gasteiger partial charge >= 0.3 is 0 Å². The van der Waals surface area contributed by atoms with Gasteiger partial charge in [-0.15, -0.1) is 0 Å². The van der Waals surface area contributed by atoms with Crippen molar-refractivity contribution in [3.63, 3.8) is 0 Å². The van der Waals surface area contributed by atoms with Crippen LogP contribution in [0.25, 0.3) is 0 Å². The molecule has 2 aromatic heterocycles. The molecule has 1 saturated carbocycles. The van der Waals surface area contributed by atoms with Gasteiger partial charge in [0.2, 0.25) is 11.9 Å². The first-order valence-corrected chi connectivity index (χ1v) is 8.21. The monoisotopic (exact) mass is 339 g/mol. The molecule has 2 heterocycles. The van der Waals surface area contributed by atoms with E-state index in [2.05, 4.69) is 35.8 Å². The molecule has 7 nitrogen and oxygen atoms in total. The Kier molecular flexibility index (Phi) is 4.01. The zero-order valence-corrected chi connectivity index (χ0v) is 13.7. The van der Waals surface area contributed by atoms with Crippen molar-refractivity contribution in [2.45, 2.75) is 31.7 Å². The van der Waals surface area contributed by atoms with Crippen molar-refractivity contribution in [1.82, 2.24) is 25.1 Å². The number of H-pyrrole nitrogens is 1. The summed E-state index contributed by atoms with van der Waals surface area (Å²) in [5.41, 5.74) is 2.08. The van der Waals surface area contributed by atoms with Gasteiger partial charge in [-0.25, -0.2) is 14.4 Å². The van der Waals surface area contributed by atoms with Crippen molar-refractivity contribution in [3.05, 3.63) is 53.7 Å². The molecule has 0 saturated heterocycles. The molecule has 0 amide bonds. The smallest absolute Gasteiger partial charge is 0.233 e. The lowest BCUT2D eigenvalue weighted by atomic mass is 10.1. The van der Waals surface area contributed by atoms with Crippen LogP contribution < -0.4 is 10.6 Å². The van der Waals surface area contributed by atoms with Crippen molar-refractivity contribution in [1.29, 1.82) is 0 Å². The van der Waals surface area contributed by atoms with Crippen molar-refractivity contribution >= 4 is 17.7 Å². The van der Waals surface area contributed by atoms with E-state index in [-0.39, 0.29) is 11.9 Å². The fraction of sp³-hybridized carbons (Fsp3) is 0.294. The molecule has 1 aliphatic rings. The average molecular weight is 339 g/mol. The summed E-state index contributed by atoms with van der Waals surface area (Å²) in [5, 5.41) is 13.5. The summed E-state index contributed by atoms with van der Waals surface area (Å²) < 4.78 is 13.0. The number of nitrogens with zero attached hydrogens (tertiary/aromatic N) is 4. The number of nitrogens with one attached hydrogen (secondary N) is 3. The van der Waals surface area contributed by atoms with E-state index < -0.39 is 0 Å². The van der Waals surface area contributed by atoms with E-state index in [1.165, 1.54) is 31.3 Å². The summed E-state index contributed by atoms with van der Waals surface area (Å²) in [5.74, 6) is 1.89. The van der Waals surface area contributed by atoms with E-state index in [4.69, 9.17) is 0 Å². The van der Waals surface area contributed by atoms with Crippen LogP contribution in [0, 0.1) is 5.82 Å². The van der Waals surface area contributed by atoms with Crippen molar-refractivity contribution in [3.8, 4) is 0 Å². The molecule has 0 unspecified atom stereocenters. The Bertz CT molecular complexity index is 857. The fourth-order valence-corrected chi connectivity index (χ4v) is 2.57. The molecule has 1 fully saturated rings. The summed E-state index contributed by atoms with van der Waals surface area (Å²) in [6.45, 7) is 1.96. The predicted octanol–water partition coefficient (Wildman–Crippen LogP) is 3.53. The molecular formula is C17H18FN7. The number of hydrogen-bond donors (Lipinski definition) is 3. The topological polar surface area (TPSA) is 91.4 Å². The molecule has 1 aliphatic carbocycles. The third-order valence-corrected chi connectivity index (χ3v) is 4.14. The molecule has 1 atom stereocenters. The predicted molar refractivity (Wildman–Crippen MR) is 92.1 cm³/mol. The third kappa shape index (κ3) is 3.73. The first kappa shape index (κ1) is 15.5. The van der Waals surface area contributed by atoms with Gasteiger partial charge in [0.05, 0.1) is 6.04 Å². The third-order valence-electron chi connectivity index (χ3n) is 4.14. The van der Waals surface area contributed by atoms with Crippen LogP contribution in [-0.4, -0.2) is 25.1 Å². The molecule has 3 N–H and O–H groups in total. The molecule has 4 rings (SSSR count). The van der Waals surface area contributed by atoms with Gasteiger partial charge in [-0.1, -0.05) is 12.1 Å². The molecule has 0 bridgehead atoms. The van der Waals surface area contributed by atoms with E-state index in [1.807, 2.05) is 13.0 Å². The van der Waals surface area contributed by atoms with Gasteiger partial charge in [-0.2, -0.15) is 10.1 Å². The second-order valence-electron chi connectivity index (χ2n) is 6.16. The highest BCUT2D eigenvalue weighted by Gasteiger charge is 2.25. The molecule has 128 valence electrons. The Morgan fingerprint density at radius 2 is 1.92 bits per heavy atom. The van der Waals surface area contributed by atoms with Gasteiger partial charge in [-0.05, 0) is 37.5 Å². The number of anilines is 3. The van der Waals surface area contributed by atoms with Crippen LogP contribution in [0.5, 0.6) is 0 Å². The maximum absolute atomic E-state index is 13.0. The number of benzene rings is 1. The van der Waals surface area contributed by atoms with Crippen molar-refractivity contribution < 1.29 is 4.39 Å². The normalized spacial score (nSPS) is 15.0. The van der Waals surface area contributed by atoms with Gasteiger partial charge in [-0.3, -0.25) is 5.10 Å². The number of aromatic amines is 1. The molecule has 0 spiro atoms. The summed E-state index contributed by atoms with van der Waals surface area (Å²) in [6, 6.07) is 8.25. The highest BCUT2D eigenvalue weighted by Crippen LogP contribution is 2.39. The molecule has 25 heavy (non-hydrogen) atoms. The standard InChI is InChI=1S/C17H18FN7/c1-10(11-4-6-13(18)7-5-11)21-16-19-9-20-17(23-16)22-15-8-14(24-25-15)12-2-3-12/h4-10,12H,2-3H2,1H3,(H3,19,20,21,22,23,24,25)/t10-/m0/s1. The zero-order chi connectivity index (χ0) is 17.2. The minimum Gasteiger partial charge on any atom is -0.348 e. The van der Waals surface area contributed by atoms with Crippen LogP contribution >= 0.6 is 0 Å². The molecule has 0 aliphatic heterocycles. The van der Waals surface area contributed by atoms with Crippen molar-refractivity contribution in [2.24, 2.45) is 0 Å². The zero-order valence-electron chi connectivity index (χ0n) is 13.7. The molecule has 1 aromatic carbocycles. The lowest BCUT2D eigenvalue weighted by molar-refractivity contribution is 0.626. The van der Waals surface area contributed by atoms with Gasteiger partial charge in [0.1, 0.15) is 12.1 Å². The molecule has 8 heteroatoms. The van der Waals surface area contributed by atoms with E-state index in [9.17, 15) is 4.39 Å². The second-order valence-corrected chi connectivity index (χ2v) is 6.16. The first-order chi connectivity index (χ1) is 12.2. The average Bonchev–Trinajstić information content (AvgIpc) is 3.36. The number of hydrogen-bond acceptors (Lipinski definition) is 6. The number of rotatable bonds is 6. The fourth-order valence-electron chi connectivity index (χ4n) is 2.57. The lowest BCUT2D eigenvalue weighted by Gasteiger charge is -2.14. The Morgan fingerprint density at radius 3 is 2.68 bits per heavy atom. The van der Waals surface area contributed by atoms with E-state index in [1.54, 1.807) is 12.1 Å². The quantitative estimate of drug-likeness (QED) is 0.636. The Balaban J connectivity index is 1.44. The van der Waals surface area contributed by atoms with Crippen LogP contribution in [0.15, 0.2) is 36.7 Å². The number of halogens is 1. The van der Waals surface area contributed by atoms with Crippen LogP contribution in [0.4, 0.5) is 22.1 Å². The number of aromatic nitrogens is 5. The van der Waals surface area contributed by atoms with Crippen LogP contribution in [0.1, 0.15) is 43.0 Å². The minimum atomic E-state index is -0.257. The van der Waals surface area contributed by atoms with E-state index in [0.29, 0.717) is 23.6 Å². The molecule has 3 aromatic rings. The maximum atomic E-state index is 13.0. The lowest BCUT2D eigenvalue weighted by Crippen LogP contribution is -2.11.